The fourth-order valence-electron chi connectivity index (χ4n) is 4.37. The van der Waals surface area contributed by atoms with Crippen LogP contribution in [0.15, 0.2) is 42.6 Å². The minimum atomic E-state index is 0.724. The van der Waals surface area contributed by atoms with Gasteiger partial charge in [0.05, 0.1) is 18.5 Å². The van der Waals surface area contributed by atoms with Gasteiger partial charge in [-0.05, 0) is 54.7 Å². The smallest absolute Gasteiger partial charge is 0.137 e. The molecule has 3 heterocycles. The molecule has 2 unspecified atom stereocenters. The molecule has 0 spiro atoms. The predicted molar refractivity (Wildman–Crippen MR) is 110 cm³/mol. The van der Waals surface area contributed by atoms with Crippen molar-refractivity contribution in [2.24, 2.45) is 11.8 Å². The number of nitrogens with zero attached hydrogens (tertiary/aromatic N) is 3. The average molecular weight is 364 g/mol. The number of aromatic nitrogens is 2. The van der Waals surface area contributed by atoms with E-state index < -0.39 is 0 Å². The third kappa shape index (κ3) is 3.65. The van der Waals surface area contributed by atoms with Crippen LogP contribution < -0.4 is 10.5 Å². The molecule has 0 bridgehead atoms. The molecule has 27 heavy (non-hydrogen) atoms. The Bertz CT molecular complexity index is 921. The number of methoxy groups -OCH3 is 1. The second kappa shape index (κ2) is 7.24. The van der Waals surface area contributed by atoms with Crippen LogP contribution in [0.2, 0.25) is 0 Å². The Labute approximate surface area is 160 Å². The highest BCUT2D eigenvalue weighted by atomic mass is 16.5. The largest absolute Gasteiger partial charge is 0.497 e. The molecule has 0 radical (unpaired) electrons. The van der Waals surface area contributed by atoms with Gasteiger partial charge >= 0.3 is 0 Å². The first-order chi connectivity index (χ1) is 13.0. The van der Waals surface area contributed by atoms with Gasteiger partial charge in [0.25, 0.3) is 0 Å². The van der Waals surface area contributed by atoms with Gasteiger partial charge in [-0.25, -0.2) is 4.98 Å². The molecule has 1 aliphatic heterocycles. The maximum Gasteiger partial charge on any atom is 0.137 e. The van der Waals surface area contributed by atoms with Gasteiger partial charge in [-0.3, -0.25) is 4.90 Å². The van der Waals surface area contributed by atoms with Gasteiger partial charge in [0.1, 0.15) is 11.4 Å². The number of pyridine rings is 1. The normalized spacial score (nSPS) is 20.9. The Hall–Kier alpha value is -2.53. The Morgan fingerprint density at radius 1 is 1.07 bits per heavy atom. The molecular formula is C22H28N4O. The topological polar surface area (TPSA) is 55.8 Å². The number of fused-ring (bicyclic) bond motifs is 1. The Morgan fingerprint density at radius 2 is 1.78 bits per heavy atom. The number of nitrogen functional groups attached to an aromatic ring is 1. The number of piperidine rings is 1. The fourth-order valence-corrected chi connectivity index (χ4v) is 4.37. The van der Waals surface area contributed by atoms with Crippen molar-refractivity contribution in [1.29, 1.82) is 0 Å². The van der Waals surface area contributed by atoms with Gasteiger partial charge in [-0.15, -0.1) is 0 Å². The summed E-state index contributed by atoms with van der Waals surface area (Å²) < 4.78 is 7.46. The van der Waals surface area contributed by atoms with Crippen LogP contribution in [0.5, 0.6) is 5.75 Å². The van der Waals surface area contributed by atoms with Crippen molar-refractivity contribution in [3.05, 3.63) is 48.3 Å². The van der Waals surface area contributed by atoms with Crippen molar-refractivity contribution in [2.45, 2.75) is 26.8 Å². The number of benzene rings is 1. The van der Waals surface area contributed by atoms with Gasteiger partial charge < -0.3 is 14.9 Å². The molecule has 5 nitrogen and oxygen atoms in total. The van der Waals surface area contributed by atoms with Crippen LogP contribution in [0.4, 0.5) is 5.69 Å². The van der Waals surface area contributed by atoms with Crippen molar-refractivity contribution in [3.63, 3.8) is 0 Å². The lowest BCUT2D eigenvalue weighted by Crippen LogP contribution is -2.38. The van der Waals surface area contributed by atoms with E-state index in [1.807, 2.05) is 30.5 Å². The van der Waals surface area contributed by atoms with E-state index in [4.69, 9.17) is 15.5 Å². The minimum absolute atomic E-state index is 0.724. The van der Waals surface area contributed by atoms with Crippen LogP contribution in [-0.2, 0) is 6.54 Å². The maximum atomic E-state index is 6.08. The van der Waals surface area contributed by atoms with Gasteiger partial charge in [0.15, 0.2) is 0 Å². The molecular weight excluding hydrogens is 336 g/mol. The van der Waals surface area contributed by atoms with Crippen LogP contribution in [0.3, 0.4) is 0 Å². The molecule has 2 N–H and O–H groups in total. The highest BCUT2D eigenvalue weighted by Crippen LogP contribution is 2.30. The molecule has 5 heteroatoms. The van der Waals surface area contributed by atoms with E-state index in [0.717, 1.165) is 59.8 Å². The van der Waals surface area contributed by atoms with E-state index in [2.05, 4.69) is 35.3 Å². The van der Waals surface area contributed by atoms with E-state index in [-0.39, 0.29) is 0 Å². The van der Waals surface area contributed by atoms with Crippen molar-refractivity contribution in [3.8, 4) is 17.0 Å². The quantitative estimate of drug-likeness (QED) is 0.758. The highest BCUT2D eigenvalue weighted by Gasteiger charge is 2.24. The lowest BCUT2D eigenvalue weighted by Gasteiger charge is -2.35. The number of ether oxygens (including phenoxy) is 1. The summed E-state index contributed by atoms with van der Waals surface area (Å²) in [6.07, 6.45) is 3.30. The summed E-state index contributed by atoms with van der Waals surface area (Å²) in [6.45, 7) is 7.82. The maximum absolute atomic E-state index is 6.08. The molecule has 142 valence electrons. The number of likely N-dealkylation sites (tertiary alicyclic amines) is 1. The van der Waals surface area contributed by atoms with E-state index in [9.17, 15) is 0 Å². The first-order valence-electron chi connectivity index (χ1n) is 9.66. The third-order valence-electron chi connectivity index (χ3n) is 5.42. The first kappa shape index (κ1) is 17.9. The molecule has 1 saturated heterocycles. The summed E-state index contributed by atoms with van der Waals surface area (Å²) in [7, 11) is 1.69. The highest BCUT2D eigenvalue weighted by molar-refractivity contribution is 5.68. The molecule has 1 aromatic carbocycles. The van der Waals surface area contributed by atoms with E-state index >= 15 is 0 Å². The molecule has 2 atom stereocenters. The van der Waals surface area contributed by atoms with Gasteiger partial charge in [-0.2, -0.15) is 0 Å². The second-order valence-electron chi connectivity index (χ2n) is 7.97. The summed E-state index contributed by atoms with van der Waals surface area (Å²) in [5, 5.41) is 0. The van der Waals surface area contributed by atoms with Crippen molar-refractivity contribution < 1.29 is 4.74 Å². The van der Waals surface area contributed by atoms with E-state index in [1.54, 1.807) is 7.11 Å². The molecule has 0 aliphatic carbocycles. The standard InChI is InChI=1S/C22H28N4O/c1-15-10-16(2)12-25(11-15)14-20-22(17-4-7-19(27-3)8-5-17)24-21-9-6-18(23)13-26(20)21/h4-9,13,15-16H,10-12,14,23H2,1-3H3. The van der Waals surface area contributed by atoms with E-state index in [1.165, 1.54) is 12.1 Å². The zero-order valence-corrected chi connectivity index (χ0v) is 16.4. The van der Waals surface area contributed by atoms with Crippen molar-refractivity contribution in [2.75, 3.05) is 25.9 Å². The summed E-state index contributed by atoms with van der Waals surface area (Å²) in [5.41, 5.74) is 11.1. The SMILES string of the molecule is COc1ccc(-c2nc3ccc(N)cn3c2CN2CC(C)CC(C)C2)cc1. The van der Waals surface area contributed by atoms with Gasteiger partial charge in [-0.1, -0.05) is 13.8 Å². The summed E-state index contributed by atoms with van der Waals surface area (Å²) >= 11 is 0. The van der Waals surface area contributed by atoms with E-state index in [0.29, 0.717) is 0 Å². The lowest BCUT2D eigenvalue weighted by atomic mass is 9.92. The molecule has 1 aliphatic rings. The summed E-state index contributed by atoms with van der Waals surface area (Å²) in [6, 6.07) is 12.0. The zero-order chi connectivity index (χ0) is 19.0. The first-order valence-corrected chi connectivity index (χ1v) is 9.66. The van der Waals surface area contributed by atoms with Crippen molar-refractivity contribution >= 4 is 11.3 Å². The van der Waals surface area contributed by atoms with Gasteiger partial charge in [0, 0.05) is 37.1 Å². The van der Waals surface area contributed by atoms with Crippen LogP contribution in [0.1, 0.15) is 26.0 Å². The fraction of sp³-hybridized carbons (Fsp3) is 0.409. The van der Waals surface area contributed by atoms with Gasteiger partial charge in [0.2, 0.25) is 0 Å². The van der Waals surface area contributed by atoms with Crippen LogP contribution in [-0.4, -0.2) is 34.5 Å². The predicted octanol–water partition coefficient (Wildman–Crippen LogP) is 4.07. The minimum Gasteiger partial charge on any atom is -0.497 e. The number of anilines is 1. The number of hydrogen-bond donors (Lipinski definition) is 1. The molecule has 4 rings (SSSR count). The summed E-state index contributed by atoms with van der Waals surface area (Å²) in [5.74, 6) is 2.30. The monoisotopic (exact) mass is 364 g/mol. The Morgan fingerprint density at radius 3 is 2.44 bits per heavy atom. The second-order valence-corrected chi connectivity index (χ2v) is 7.97. The molecule has 3 aromatic rings. The Balaban J connectivity index is 1.77. The van der Waals surface area contributed by atoms with Crippen LogP contribution >= 0.6 is 0 Å². The number of nitrogens with two attached hydrogens (primary N) is 1. The average Bonchev–Trinajstić information content (AvgIpc) is 2.99. The molecule has 0 amide bonds. The lowest BCUT2D eigenvalue weighted by molar-refractivity contribution is 0.133. The summed E-state index contributed by atoms with van der Waals surface area (Å²) in [4.78, 5) is 7.48. The molecule has 0 saturated carbocycles. The number of hydrogen-bond acceptors (Lipinski definition) is 4. The Kier molecular flexibility index (Phi) is 4.79. The van der Waals surface area contributed by atoms with Crippen LogP contribution in [0, 0.1) is 11.8 Å². The molecule has 1 fully saturated rings. The third-order valence-corrected chi connectivity index (χ3v) is 5.42. The van der Waals surface area contributed by atoms with Crippen LogP contribution in [0.25, 0.3) is 16.9 Å². The number of imidazole rings is 1. The molecule has 2 aromatic heterocycles. The zero-order valence-electron chi connectivity index (χ0n) is 16.4. The van der Waals surface area contributed by atoms with Crippen molar-refractivity contribution in [1.82, 2.24) is 14.3 Å². The number of rotatable bonds is 4.